The number of hydrogen-bond acceptors (Lipinski definition) is 4. The molecule has 1 saturated heterocycles. The quantitative estimate of drug-likeness (QED) is 0.699. The highest BCUT2D eigenvalue weighted by molar-refractivity contribution is 5.87. The van der Waals surface area contributed by atoms with E-state index in [1.165, 1.54) is 17.7 Å². The van der Waals surface area contributed by atoms with E-state index in [1.807, 2.05) is 18.2 Å². The molecule has 0 radical (unpaired) electrons. The summed E-state index contributed by atoms with van der Waals surface area (Å²) >= 11 is 0. The predicted molar refractivity (Wildman–Crippen MR) is 122 cm³/mol. The minimum absolute atomic E-state index is 0.0805. The summed E-state index contributed by atoms with van der Waals surface area (Å²) in [7, 11) is 1.76. The molecule has 33 heavy (non-hydrogen) atoms. The third-order valence-electron chi connectivity index (χ3n) is 6.48. The molecular weight excluding hydrogens is 423 g/mol. The van der Waals surface area contributed by atoms with Gasteiger partial charge in [-0.2, -0.15) is 0 Å². The molecule has 0 aliphatic carbocycles. The van der Waals surface area contributed by atoms with Gasteiger partial charge in [0.25, 0.3) is 5.91 Å². The monoisotopic (exact) mass is 454 g/mol. The highest BCUT2D eigenvalue weighted by Crippen LogP contribution is 2.29. The summed E-state index contributed by atoms with van der Waals surface area (Å²) in [6.07, 6.45) is 3.29. The lowest BCUT2D eigenvalue weighted by molar-refractivity contribution is -0.175. The van der Waals surface area contributed by atoms with Gasteiger partial charge in [-0.15, -0.1) is 0 Å². The molecule has 2 aromatic rings. The Morgan fingerprint density at radius 1 is 1.06 bits per heavy atom. The molecule has 2 aliphatic heterocycles. The molecule has 1 spiro atoms. The summed E-state index contributed by atoms with van der Waals surface area (Å²) in [4.78, 5) is 29.9. The Kier molecular flexibility index (Phi) is 7.28. The van der Waals surface area contributed by atoms with Gasteiger partial charge in [0.2, 0.25) is 5.91 Å². The van der Waals surface area contributed by atoms with Gasteiger partial charge in [0.15, 0.2) is 5.60 Å². The van der Waals surface area contributed by atoms with Gasteiger partial charge in [-0.25, -0.2) is 4.39 Å². The zero-order chi connectivity index (χ0) is 23.3. The van der Waals surface area contributed by atoms with Crippen LogP contribution in [0.2, 0.25) is 0 Å². The molecular formula is C26H31FN2O4. The number of hydrogen-bond donors (Lipinski definition) is 0. The zero-order valence-electron chi connectivity index (χ0n) is 19.1. The first kappa shape index (κ1) is 23.2. The average molecular weight is 455 g/mol. The fraction of sp³-hybridized carbons (Fsp3) is 0.462. The van der Waals surface area contributed by atoms with Crippen LogP contribution < -0.4 is 4.74 Å². The van der Waals surface area contributed by atoms with Crippen LogP contribution in [-0.2, 0) is 27.2 Å². The van der Waals surface area contributed by atoms with Crippen LogP contribution in [0.3, 0.4) is 0 Å². The van der Waals surface area contributed by atoms with E-state index < -0.39 is 5.60 Å². The van der Waals surface area contributed by atoms with Gasteiger partial charge in [-0.1, -0.05) is 30.3 Å². The molecule has 0 aromatic heterocycles. The van der Waals surface area contributed by atoms with Crippen LogP contribution in [0.1, 0.15) is 30.4 Å². The summed E-state index contributed by atoms with van der Waals surface area (Å²) < 4.78 is 25.3. The van der Waals surface area contributed by atoms with Crippen molar-refractivity contribution in [3.8, 4) is 5.75 Å². The smallest absolute Gasteiger partial charge is 0.256 e. The summed E-state index contributed by atoms with van der Waals surface area (Å²) in [5, 5.41) is 0. The maximum atomic E-state index is 13.5. The Balaban J connectivity index is 1.48. The number of para-hydroxylation sites is 1. The lowest BCUT2D eigenvalue weighted by Crippen LogP contribution is -2.61. The van der Waals surface area contributed by atoms with E-state index in [4.69, 9.17) is 9.47 Å². The number of morpholine rings is 1. The molecule has 7 heteroatoms. The average Bonchev–Trinajstić information content (AvgIpc) is 2.83. The number of aryl methyl sites for hydroxylation is 1. The Morgan fingerprint density at radius 2 is 1.85 bits per heavy atom. The van der Waals surface area contributed by atoms with E-state index >= 15 is 0 Å². The highest BCUT2D eigenvalue weighted by Gasteiger charge is 2.45. The van der Waals surface area contributed by atoms with Crippen molar-refractivity contribution in [1.82, 2.24) is 9.80 Å². The third-order valence-corrected chi connectivity index (χ3v) is 6.48. The first-order valence-corrected chi connectivity index (χ1v) is 11.6. The first-order valence-electron chi connectivity index (χ1n) is 11.6. The maximum absolute atomic E-state index is 13.5. The number of ether oxygens (including phenoxy) is 2. The van der Waals surface area contributed by atoms with E-state index in [0.717, 1.165) is 30.6 Å². The van der Waals surface area contributed by atoms with Gasteiger partial charge in [-0.05, 0) is 55.0 Å². The summed E-state index contributed by atoms with van der Waals surface area (Å²) in [6.45, 7) is 1.81. The molecule has 6 nitrogen and oxygen atoms in total. The summed E-state index contributed by atoms with van der Waals surface area (Å²) in [5.41, 5.74) is 0.867. The van der Waals surface area contributed by atoms with Crippen LogP contribution in [0, 0.1) is 5.82 Å². The van der Waals surface area contributed by atoms with Gasteiger partial charge in [0.05, 0.1) is 26.1 Å². The fourth-order valence-electron chi connectivity index (χ4n) is 4.59. The minimum atomic E-state index is -1.05. The molecule has 4 rings (SSSR count). The van der Waals surface area contributed by atoms with Crippen molar-refractivity contribution in [3.63, 3.8) is 0 Å². The molecule has 2 aliphatic rings. The topological polar surface area (TPSA) is 59.1 Å². The number of amides is 2. The molecule has 2 amide bonds. The minimum Gasteiger partial charge on any atom is -0.491 e. The number of carbonyl (C=O) groups is 2. The molecule has 0 N–H and O–H groups in total. The number of halogens is 1. The number of carbonyl (C=O) groups excluding carboxylic acids is 2. The van der Waals surface area contributed by atoms with Gasteiger partial charge in [0, 0.05) is 13.6 Å². The standard InChI is InChI=1S/C26H31FN2O4/c1-28-14-16-32-23-8-3-2-6-21(23)7-4-5-13-26(25(28)31)19-29(15-17-33-26)24(30)18-20-9-11-22(27)12-10-20/h2-3,6,8-12H,4-5,7,13-19H2,1H3. The van der Waals surface area contributed by atoms with Crippen LogP contribution in [0.25, 0.3) is 0 Å². The van der Waals surface area contributed by atoms with Crippen LogP contribution in [0.5, 0.6) is 5.75 Å². The Labute approximate surface area is 194 Å². The molecule has 2 heterocycles. The van der Waals surface area contributed by atoms with Crippen molar-refractivity contribution in [1.29, 1.82) is 0 Å². The molecule has 2 aromatic carbocycles. The van der Waals surface area contributed by atoms with Crippen molar-refractivity contribution < 1.29 is 23.5 Å². The molecule has 1 atom stereocenters. The largest absolute Gasteiger partial charge is 0.491 e. The van der Waals surface area contributed by atoms with E-state index in [1.54, 1.807) is 29.0 Å². The summed E-state index contributed by atoms with van der Waals surface area (Å²) in [6, 6.07) is 14.0. The summed E-state index contributed by atoms with van der Waals surface area (Å²) in [5.74, 6) is 0.354. The molecule has 176 valence electrons. The van der Waals surface area contributed by atoms with Crippen LogP contribution >= 0.6 is 0 Å². The van der Waals surface area contributed by atoms with Crippen LogP contribution in [0.4, 0.5) is 4.39 Å². The van der Waals surface area contributed by atoms with Crippen molar-refractivity contribution >= 4 is 11.8 Å². The van der Waals surface area contributed by atoms with Gasteiger partial charge in [-0.3, -0.25) is 9.59 Å². The van der Waals surface area contributed by atoms with E-state index in [0.29, 0.717) is 32.7 Å². The normalized spacial score (nSPS) is 22.2. The van der Waals surface area contributed by atoms with Crippen LogP contribution in [0.15, 0.2) is 48.5 Å². The van der Waals surface area contributed by atoms with E-state index in [-0.39, 0.29) is 30.6 Å². The second-order valence-corrected chi connectivity index (χ2v) is 8.85. The number of likely N-dealkylation sites (N-methyl/N-ethyl adjacent to an activating group) is 1. The molecule has 1 unspecified atom stereocenters. The maximum Gasteiger partial charge on any atom is 0.256 e. The fourth-order valence-corrected chi connectivity index (χ4v) is 4.59. The van der Waals surface area contributed by atoms with Crippen molar-refractivity contribution in [2.24, 2.45) is 0 Å². The lowest BCUT2D eigenvalue weighted by Gasteiger charge is -2.43. The number of rotatable bonds is 2. The lowest BCUT2D eigenvalue weighted by atomic mass is 9.91. The second-order valence-electron chi connectivity index (χ2n) is 8.85. The Morgan fingerprint density at radius 3 is 2.67 bits per heavy atom. The van der Waals surface area contributed by atoms with Gasteiger partial charge >= 0.3 is 0 Å². The zero-order valence-corrected chi connectivity index (χ0v) is 19.1. The van der Waals surface area contributed by atoms with Crippen molar-refractivity contribution in [3.05, 3.63) is 65.5 Å². The van der Waals surface area contributed by atoms with Gasteiger partial charge in [0.1, 0.15) is 18.2 Å². The number of fused-ring (bicyclic) bond motifs is 1. The third kappa shape index (κ3) is 5.53. The first-order chi connectivity index (χ1) is 16.0. The Hall–Kier alpha value is -2.93. The Bertz CT molecular complexity index is 981. The highest BCUT2D eigenvalue weighted by atomic mass is 19.1. The van der Waals surface area contributed by atoms with Gasteiger partial charge < -0.3 is 19.3 Å². The molecule has 0 bridgehead atoms. The molecule has 1 fully saturated rings. The number of nitrogens with zero attached hydrogens (tertiary/aromatic N) is 2. The second kappa shape index (κ2) is 10.3. The predicted octanol–water partition coefficient (Wildman–Crippen LogP) is 3.23. The van der Waals surface area contributed by atoms with Crippen LogP contribution in [-0.4, -0.2) is 67.1 Å². The van der Waals surface area contributed by atoms with E-state index in [2.05, 4.69) is 6.07 Å². The number of benzene rings is 2. The van der Waals surface area contributed by atoms with E-state index in [9.17, 15) is 14.0 Å². The SMILES string of the molecule is CN1CCOc2ccccc2CCCCC2(CN(C(=O)Cc3ccc(F)cc3)CCO2)C1=O. The van der Waals surface area contributed by atoms with Crippen molar-refractivity contribution in [2.45, 2.75) is 37.7 Å². The van der Waals surface area contributed by atoms with Crippen molar-refractivity contribution in [2.75, 3.05) is 39.9 Å². The molecule has 0 saturated carbocycles.